The van der Waals surface area contributed by atoms with Crippen LogP contribution in [0.5, 0.6) is 0 Å². The molecule has 1 amide bonds. The predicted octanol–water partition coefficient (Wildman–Crippen LogP) is 5.22. The summed E-state index contributed by atoms with van der Waals surface area (Å²) in [5.74, 6) is -2.32. The minimum Gasteiger partial charge on any atom is -0.475 e. The molecular formula is C29H39F3N4O3. The number of carbonyl (C=O) groups excluding carboxylic acids is 1. The maximum atomic E-state index is 12.5. The van der Waals surface area contributed by atoms with Gasteiger partial charge in [0.1, 0.15) is 0 Å². The van der Waals surface area contributed by atoms with E-state index in [1.165, 1.54) is 57.4 Å². The monoisotopic (exact) mass is 548 g/mol. The van der Waals surface area contributed by atoms with Crippen molar-refractivity contribution in [3.63, 3.8) is 0 Å². The zero-order chi connectivity index (χ0) is 28.4. The summed E-state index contributed by atoms with van der Waals surface area (Å²) in [5, 5.41) is 10.1. The Balaban J connectivity index is 0.000000532. The molecule has 2 saturated heterocycles. The molecule has 1 aromatic heterocycles. The van der Waals surface area contributed by atoms with E-state index in [1.54, 1.807) is 6.20 Å². The van der Waals surface area contributed by atoms with E-state index in [-0.39, 0.29) is 5.91 Å². The number of carboxylic acids is 1. The lowest BCUT2D eigenvalue weighted by molar-refractivity contribution is -0.192. The van der Waals surface area contributed by atoms with E-state index in [0.29, 0.717) is 18.0 Å². The third-order valence-corrected chi connectivity index (χ3v) is 7.46. The van der Waals surface area contributed by atoms with E-state index in [9.17, 15) is 18.0 Å². The van der Waals surface area contributed by atoms with E-state index < -0.39 is 12.1 Å². The van der Waals surface area contributed by atoms with Gasteiger partial charge in [0.15, 0.2) is 0 Å². The average Bonchev–Trinajstić information content (AvgIpc) is 3.47. The second-order valence-corrected chi connectivity index (χ2v) is 10.4. The summed E-state index contributed by atoms with van der Waals surface area (Å²) in [5.41, 5.74) is 4.06. The Kier molecular flexibility index (Phi) is 11.3. The van der Waals surface area contributed by atoms with Gasteiger partial charge in [0.05, 0.1) is 5.56 Å². The Morgan fingerprint density at radius 3 is 2.23 bits per heavy atom. The number of nitrogens with zero attached hydrogens (tertiary/aromatic N) is 3. The summed E-state index contributed by atoms with van der Waals surface area (Å²) in [6, 6.07) is 11.5. The number of amides is 1. The second kappa shape index (κ2) is 14.4. The molecule has 214 valence electrons. The molecule has 0 radical (unpaired) electrons. The minimum atomic E-state index is -5.08. The summed E-state index contributed by atoms with van der Waals surface area (Å²) in [6.45, 7) is 11.0. The van der Waals surface area contributed by atoms with Crippen molar-refractivity contribution < 1.29 is 27.9 Å². The van der Waals surface area contributed by atoms with Gasteiger partial charge in [-0.1, -0.05) is 44.5 Å². The zero-order valence-electron chi connectivity index (χ0n) is 22.7. The van der Waals surface area contributed by atoms with Crippen LogP contribution in [0, 0.1) is 5.92 Å². The number of nitrogens with one attached hydrogen (secondary N) is 1. The van der Waals surface area contributed by atoms with Crippen LogP contribution in [0.25, 0.3) is 11.1 Å². The largest absolute Gasteiger partial charge is 0.490 e. The molecule has 10 heteroatoms. The molecule has 1 atom stereocenters. The first kappa shape index (κ1) is 30.6. The van der Waals surface area contributed by atoms with Crippen LogP contribution in [-0.4, -0.2) is 76.7 Å². The van der Waals surface area contributed by atoms with E-state index in [0.717, 1.165) is 30.1 Å². The SMILES string of the molecule is CC[C@H](C)CNC(=O)c1cncc(-c2ccc(CN3CCC(N4CCCC4)CC3)cc2)c1.O=C(O)C(F)(F)F. The molecular weight excluding hydrogens is 509 g/mol. The summed E-state index contributed by atoms with van der Waals surface area (Å²) in [6.07, 6.45) is 4.83. The summed E-state index contributed by atoms with van der Waals surface area (Å²) < 4.78 is 31.7. The number of carbonyl (C=O) groups is 2. The van der Waals surface area contributed by atoms with E-state index in [4.69, 9.17) is 9.90 Å². The molecule has 2 aromatic rings. The second-order valence-electron chi connectivity index (χ2n) is 10.4. The summed E-state index contributed by atoms with van der Waals surface area (Å²) >= 11 is 0. The third kappa shape index (κ3) is 9.61. The molecule has 0 saturated carbocycles. The number of carboxylic acid groups (broad SMARTS) is 1. The molecule has 0 unspecified atom stereocenters. The normalized spacial score (nSPS) is 17.8. The van der Waals surface area contributed by atoms with Gasteiger partial charge in [0.2, 0.25) is 0 Å². The molecule has 0 aliphatic carbocycles. The molecule has 2 N–H and O–H groups in total. The topological polar surface area (TPSA) is 85.8 Å². The van der Waals surface area contributed by atoms with Crippen molar-refractivity contribution in [2.75, 3.05) is 32.7 Å². The van der Waals surface area contributed by atoms with Gasteiger partial charge in [0.25, 0.3) is 5.91 Å². The molecule has 2 fully saturated rings. The number of benzene rings is 1. The fourth-order valence-corrected chi connectivity index (χ4v) is 4.85. The number of pyridine rings is 1. The van der Waals surface area contributed by atoms with Crippen LogP contribution in [0.2, 0.25) is 0 Å². The van der Waals surface area contributed by atoms with Crippen molar-refractivity contribution in [3.05, 3.63) is 53.9 Å². The Labute approximate surface area is 228 Å². The highest BCUT2D eigenvalue weighted by Crippen LogP contribution is 2.24. The summed E-state index contributed by atoms with van der Waals surface area (Å²) in [7, 11) is 0. The van der Waals surface area contributed by atoms with Crippen LogP contribution in [0.1, 0.15) is 61.9 Å². The number of piperidine rings is 1. The summed E-state index contributed by atoms with van der Waals surface area (Å²) in [4.78, 5) is 31.0. The van der Waals surface area contributed by atoms with E-state index in [2.05, 4.69) is 58.2 Å². The minimum absolute atomic E-state index is 0.0476. The Hall–Kier alpha value is -2.98. The van der Waals surface area contributed by atoms with Gasteiger partial charge in [-0.25, -0.2) is 4.79 Å². The van der Waals surface area contributed by atoms with Crippen LogP contribution in [0.15, 0.2) is 42.7 Å². The number of hydrogen-bond donors (Lipinski definition) is 2. The number of halogens is 3. The Morgan fingerprint density at radius 2 is 1.67 bits per heavy atom. The van der Waals surface area contributed by atoms with Crippen molar-refractivity contribution >= 4 is 11.9 Å². The van der Waals surface area contributed by atoms with Crippen LogP contribution in [0.3, 0.4) is 0 Å². The van der Waals surface area contributed by atoms with Gasteiger partial charge in [-0.05, 0) is 75.0 Å². The molecule has 2 aliphatic heterocycles. The van der Waals surface area contributed by atoms with Gasteiger partial charge in [-0.2, -0.15) is 13.2 Å². The lowest BCUT2D eigenvalue weighted by atomic mass is 10.0. The first-order chi connectivity index (χ1) is 18.6. The molecule has 2 aliphatic rings. The maximum absolute atomic E-state index is 12.5. The lowest BCUT2D eigenvalue weighted by Gasteiger charge is -2.36. The van der Waals surface area contributed by atoms with Crippen LogP contribution >= 0.6 is 0 Å². The first-order valence-electron chi connectivity index (χ1n) is 13.7. The fraction of sp³-hybridized carbons (Fsp3) is 0.552. The highest BCUT2D eigenvalue weighted by Gasteiger charge is 2.38. The van der Waals surface area contributed by atoms with Crippen LogP contribution < -0.4 is 5.32 Å². The highest BCUT2D eigenvalue weighted by atomic mass is 19.4. The standard InChI is InChI=1S/C27H38N4O.C2HF3O2/c1-3-21(2)17-29-27(32)25-16-24(18-28-19-25)23-8-6-22(7-9-23)20-30-14-10-26(11-15-30)31-12-4-5-13-31;3-2(4,5)1(6)7/h6-9,16,18-19,21,26H,3-5,10-15,17,20H2,1-2H3,(H,29,32);(H,6,7)/t21-;/m0./s1. The van der Waals surface area contributed by atoms with E-state index in [1.807, 2.05) is 12.3 Å². The smallest absolute Gasteiger partial charge is 0.475 e. The van der Waals surface area contributed by atoms with Crippen molar-refractivity contribution in [2.45, 2.75) is 64.7 Å². The average molecular weight is 549 g/mol. The highest BCUT2D eigenvalue weighted by molar-refractivity contribution is 5.95. The lowest BCUT2D eigenvalue weighted by Crippen LogP contribution is -2.43. The molecule has 0 spiro atoms. The van der Waals surface area contributed by atoms with Gasteiger partial charge in [-0.3, -0.25) is 14.7 Å². The van der Waals surface area contributed by atoms with Crippen molar-refractivity contribution in [3.8, 4) is 11.1 Å². The Morgan fingerprint density at radius 1 is 1.05 bits per heavy atom. The molecule has 0 bridgehead atoms. The van der Waals surface area contributed by atoms with Crippen molar-refractivity contribution in [1.29, 1.82) is 0 Å². The van der Waals surface area contributed by atoms with E-state index >= 15 is 0 Å². The van der Waals surface area contributed by atoms with Gasteiger partial charge in [0, 0.05) is 37.1 Å². The van der Waals surface area contributed by atoms with Gasteiger partial charge < -0.3 is 15.3 Å². The molecule has 39 heavy (non-hydrogen) atoms. The van der Waals surface area contributed by atoms with Gasteiger partial charge >= 0.3 is 12.1 Å². The zero-order valence-corrected chi connectivity index (χ0v) is 22.7. The molecule has 1 aromatic carbocycles. The number of aliphatic carboxylic acids is 1. The number of rotatable bonds is 8. The number of likely N-dealkylation sites (tertiary alicyclic amines) is 2. The molecule has 3 heterocycles. The Bertz CT molecular complexity index is 1060. The number of hydrogen-bond acceptors (Lipinski definition) is 5. The van der Waals surface area contributed by atoms with Crippen LogP contribution in [0.4, 0.5) is 13.2 Å². The molecule has 7 nitrogen and oxygen atoms in total. The number of alkyl halides is 3. The first-order valence-corrected chi connectivity index (χ1v) is 13.7. The van der Waals surface area contributed by atoms with Crippen molar-refractivity contribution in [1.82, 2.24) is 20.1 Å². The number of aromatic nitrogens is 1. The third-order valence-electron chi connectivity index (χ3n) is 7.46. The van der Waals surface area contributed by atoms with Gasteiger partial charge in [-0.15, -0.1) is 0 Å². The molecule has 4 rings (SSSR count). The van der Waals surface area contributed by atoms with Crippen LogP contribution in [-0.2, 0) is 11.3 Å². The fourth-order valence-electron chi connectivity index (χ4n) is 4.85. The predicted molar refractivity (Wildman–Crippen MR) is 144 cm³/mol. The van der Waals surface area contributed by atoms with Crippen molar-refractivity contribution in [2.24, 2.45) is 5.92 Å². The quantitative estimate of drug-likeness (QED) is 0.471. The maximum Gasteiger partial charge on any atom is 0.490 e.